The van der Waals surface area contributed by atoms with Crippen LogP contribution in [0.5, 0.6) is 11.5 Å². The second-order valence-electron chi connectivity index (χ2n) is 5.58. The molecule has 1 aliphatic rings. The molecule has 0 unspecified atom stereocenters. The molecule has 0 spiro atoms. The van der Waals surface area contributed by atoms with Gasteiger partial charge in [-0.15, -0.1) is 0 Å². The van der Waals surface area contributed by atoms with Gasteiger partial charge in [-0.2, -0.15) is 0 Å². The molecule has 0 atom stereocenters. The number of halogens is 1. The van der Waals surface area contributed by atoms with Crippen LogP contribution < -0.4 is 0 Å². The fraction of sp³-hybridized carbons (Fsp3) is 0.353. The van der Waals surface area contributed by atoms with Gasteiger partial charge in [0.25, 0.3) is 0 Å². The van der Waals surface area contributed by atoms with Crippen LogP contribution in [0, 0.1) is 0 Å². The molecule has 5 heteroatoms. The summed E-state index contributed by atoms with van der Waals surface area (Å²) in [4.78, 5) is 6.62. The van der Waals surface area contributed by atoms with Crippen LogP contribution in [0.25, 0.3) is 10.8 Å². The monoisotopic (exact) mass is 318 g/mol. The Morgan fingerprint density at radius 3 is 2.36 bits per heavy atom. The zero-order valence-corrected chi connectivity index (χ0v) is 13.1. The number of rotatable bonds is 3. The SMILES string of the molecule is Oc1c(Cl)c(N=CCN2CCCCC2)c(O)c2ccccc12. The minimum Gasteiger partial charge on any atom is -0.506 e. The van der Waals surface area contributed by atoms with Gasteiger partial charge in [0.05, 0.1) is 0 Å². The van der Waals surface area contributed by atoms with Gasteiger partial charge in [0, 0.05) is 23.5 Å². The lowest BCUT2D eigenvalue weighted by atomic mass is 10.1. The summed E-state index contributed by atoms with van der Waals surface area (Å²) in [5.41, 5.74) is 0.231. The molecule has 0 saturated carbocycles. The van der Waals surface area contributed by atoms with Gasteiger partial charge in [-0.25, -0.2) is 0 Å². The Morgan fingerprint density at radius 2 is 1.68 bits per heavy atom. The molecule has 0 radical (unpaired) electrons. The number of piperidine rings is 1. The van der Waals surface area contributed by atoms with Gasteiger partial charge < -0.3 is 10.2 Å². The van der Waals surface area contributed by atoms with Crippen molar-refractivity contribution in [2.24, 2.45) is 4.99 Å². The Morgan fingerprint density at radius 1 is 1.05 bits per heavy atom. The number of phenols is 2. The average molecular weight is 319 g/mol. The third kappa shape index (κ3) is 2.89. The minimum atomic E-state index is -0.0415. The van der Waals surface area contributed by atoms with Crippen molar-refractivity contribution in [2.75, 3.05) is 19.6 Å². The fourth-order valence-electron chi connectivity index (χ4n) is 2.87. The molecular weight excluding hydrogens is 300 g/mol. The molecule has 1 saturated heterocycles. The van der Waals surface area contributed by atoms with Crippen molar-refractivity contribution >= 4 is 34.3 Å². The van der Waals surface area contributed by atoms with E-state index in [-0.39, 0.29) is 22.2 Å². The highest BCUT2D eigenvalue weighted by Gasteiger charge is 2.16. The first-order valence-electron chi connectivity index (χ1n) is 7.55. The Bertz CT molecular complexity index is 709. The van der Waals surface area contributed by atoms with Crippen LogP contribution in [0.15, 0.2) is 29.3 Å². The van der Waals surface area contributed by atoms with E-state index in [2.05, 4.69) is 9.89 Å². The number of hydrogen-bond acceptors (Lipinski definition) is 4. The molecule has 3 rings (SSSR count). The molecule has 0 aromatic heterocycles. The quantitative estimate of drug-likeness (QED) is 0.662. The average Bonchev–Trinajstić information content (AvgIpc) is 2.57. The normalized spacial score (nSPS) is 16.6. The van der Waals surface area contributed by atoms with Gasteiger partial charge in [-0.3, -0.25) is 9.89 Å². The second-order valence-corrected chi connectivity index (χ2v) is 5.96. The zero-order valence-electron chi connectivity index (χ0n) is 12.3. The smallest absolute Gasteiger partial charge is 0.150 e. The summed E-state index contributed by atoms with van der Waals surface area (Å²) in [5.74, 6) is -0.0338. The Hall–Kier alpha value is -1.78. The highest BCUT2D eigenvalue weighted by Crippen LogP contribution is 2.47. The van der Waals surface area contributed by atoms with Gasteiger partial charge in [0.2, 0.25) is 0 Å². The zero-order chi connectivity index (χ0) is 15.5. The molecule has 2 aromatic carbocycles. The first-order chi connectivity index (χ1) is 10.7. The van der Waals surface area contributed by atoms with Crippen molar-refractivity contribution in [1.82, 2.24) is 4.90 Å². The van der Waals surface area contributed by atoms with E-state index in [1.54, 1.807) is 30.5 Å². The summed E-state index contributed by atoms with van der Waals surface area (Å²) in [6.07, 6.45) is 5.48. The van der Waals surface area contributed by atoms with Gasteiger partial charge in [-0.05, 0) is 25.9 Å². The molecule has 1 aliphatic heterocycles. The number of hydrogen-bond donors (Lipinski definition) is 2. The molecule has 0 amide bonds. The maximum absolute atomic E-state index is 10.4. The van der Waals surface area contributed by atoms with Crippen molar-refractivity contribution in [1.29, 1.82) is 0 Å². The highest BCUT2D eigenvalue weighted by molar-refractivity contribution is 6.36. The molecule has 116 valence electrons. The predicted molar refractivity (Wildman–Crippen MR) is 90.7 cm³/mol. The van der Waals surface area contributed by atoms with Crippen LogP contribution in [-0.4, -0.2) is 41.0 Å². The second kappa shape index (κ2) is 6.55. The Balaban J connectivity index is 1.89. The van der Waals surface area contributed by atoms with E-state index >= 15 is 0 Å². The summed E-state index contributed by atoms with van der Waals surface area (Å²) in [6, 6.07) is 7.05. The van der Waals surface area contributed by atoms with E-state index in [9.17, 15) is 10.2 Å². The van der Waals surface area contributed by atoms with Crippen molar-refractivity contribution in [3.8, 4) is 11.5 Å². The topological polar surface area (TPSA) is 56.1 Å². The van der Waals surface area contributed by atoms with Crippen LogP contribution in [0.3, 0.4) is 0 Å². The minimum absolute atomic E-state index is 0.00768. The summed E-state index contributed by atoms with van der Waals surface area (Å²) in [7, 11) is 0. The number of nitrogens with zero attached hydrogens (tertiary/aromatic N) is 2. The highest BCUT2D eigenvalue weighted by atomic mass is 35.5. The largest absolute Gasteiger partial charge is 0.506 e. The summed E-state index contributed by atoms with van der Waals surface area (Å²) in [5, 5.41) is 21.7. The third-order valence-electron chi connectivity index (χ3n) is 4.09. The lowest BCUT2D eigenvalue weighted by Crippen LogP contribution is -2.31. The van der Waals surface area contributed by atoms with E-state index in [1.807, 2.05) is 0 Å². The number of aromatic hydroxyl groups is 2. The van der Waals surface area contributed by atoms with E-state index in [0.717, 1.165) is 19.6 Å². The summed E-state index contributed by atoms with van der Waals surface area (Å²) < 4.78 is 0. The number of fused-ring (bicyclic) bond motifs is 1. The van der Waals surface area contributed by atoms with E-state index < -0.39 is 0 Å². The Kier molecular flexibility index (Phi) is 4.50. The third-order valence-corrected chi connectivity index (χ3v) is 4.44. The number of aliphatic imine (C=N–C) groups is 1. The molecule has 0 aliphatic carbocycles. The van der Waals surface area contributed by atoms with Crippen LogP contribution >= 0.6 is 11.6 Å². The fourth-order valence-corrected chi connectivity index (χ4v) is 3.11. The van der Waals surface area contributed by atoms with Gasteiger partial charge in [0.15, 0.2) is 5.75 Å². The van der Waals surface area contributed by atoms with Crippen LogP contribution in [0.4, 0.5) is 5.69 Å². The molecule has 2 aromatic rings. The van der Waals surface area contributed by atoms with E-state index in [0.29, 0.717) is 10.8 Å². The van der Waals surface area contributed by atoms with Gasteiger partial charge in [-0.1, -0.05) is 42.3 Å². The van der Waals surface area contributed by atoms with Crippen molar-refractivity contribution in [2.45, 2.75) is 19.3 Å². The van der Waals surface area contributed by atoms with Gasteiger partial charge in [0.1, 0.15) is 16.5 Å². The maximum atomic E-state index is 10.4. The molecule has 0 bridgehead atoms. The van der Waals surface area contributed by atoms with Crippen LogP contribution in [-0.2, 0) is 0 Å². The number of likely N-dealkylation sites (tertiary alicyclic amines) is 1. The molecular formula is C17H19ClN2O2. The van der Waals surface area contributed by atoms with Gasteiger partial charge >= 0.3 is 0 Å². The van der Waals surface area contributed by atoms with Crippen LogP contribution in [0.2, 0.25) is 5.02 Å². The van der Waals surface area contributed by atoms with Crippen LogP contribution in [0.1, 0.15) is 19.3 Å². The summed E-state index contributed by atoms with van der Waals surface area (Å²) >= 11 is 6.16. The first kappa shape index (κ1) is 15.1. The molecule has 1 fully saturated rings. The molecule has 1 heterocycles. The number of benzene rings is 2. The number of phenolic OH excluding ortho intramolecular Hbond substituents is 2. The first-order valence-corrected chi connectivity index (χ1v) is 7.93. The molecule has 22 heavy (non-hydrogen) atoms. The van der Waals surface area contributed by atoms with E-state index in [4.69, 9.17) is 11.6 Å². The van der Waals surface area contributed by atoms with E-state index in [1.165, 1.54) is 19.3 Å². The predicted octanol–water partition coefficient (Wildman–Crippen LogP) is 4.09. The lowest BCUT2D eigenvalue weighted by Gasteiger charge is -2.24. The molecule has 4 nitrogen and oxygen atoms in total. The Labute approximate surface area is 134 Å². The summed E-state index contributed by atoms with van der Waals surface area (Å²) in [6.45, 7) is 2.88. The lowest BCUT2D eigenvalue weighted by molar-refractivity contribution is 0.260. The van der Waals surface area contributed by atoms with Crippen molar-refractivity contribution < 1.29 is 10.2 Å². The molecule has 2 N–H and O–H groups in total. The maximum Gasteiger partial charge on any atom is 0.150 e. The van der Waals surface area contributed by atoms with Crippen molar-refractivity contribution in [3.63, 3.8) is 0 Å². The van der Waals surface area contributed by atoms with Crippen molar-refractivity contribution in [3.05, 3.63) is 29.3 Å². The standard InChI is InChI=1S/C17H19ClN2O2/c18-14-15(19-8-11-20-9-4-1-5-10-20)17(22)13-7-3-2-6-12(13)16(14)21/h2-3,6-8,21-22H,1,4-5,9-11H2.